The van der Waals surface area contributed by atoms with Crippen LogP contribution in [0.25, 0.3) is 0 Å². The lowest BCUT2D eigenvalue weighted by molar-refractivity contribution is 0.198. The van der Waals surface area contributed by atoms with Crippen molar-refractivity contribution in [2.24, 2.45) is 17.3 Å². The van der Waals surface area contributed by atoms with E-state index in [1.807, 2.05) is 48.5 Å². The highest BCUT2D eigenvalue weighted by Crippen LogP contribution is 2.53. The summed E-state index contributed by atoms with van der Waals surface area (Å²) in [5.41, 5.74) is -0.245. The molecule has 1 saturated carbocycles. The summed E-state index contributed by atoms with van der Waals surface area (Å²) in [6.07, 6.45) is 1.88. The summed E-state index contributed by atoms with van der Waals surface area (Å²) in [5, 5.41) is 38.5. The fourth-order valence-corrected chi connectivity index (χ4v) is 4.92. The summed E-state index contributed by atoms with van der Waals surface area (Å²) >= 11 is 0. The minimum absolute atomic E-state index is 0.269. The molecule has 32 heavy (non-hydrogen) atoms. The highest BCUT2D eigenvalue weighted by atomic mass is 19.2. The van der Waals surface area contributed by atoms with Crippen molar-refractivity contribution in [2.75, 3.05) is 13.1 Å². The molecule has 3 atom stereocenters. The van der Waals surface area contributed by atoms with Gasteiger partial charge in [0.25, 0.3) is 0 Å². The Kier molecular flexibility index (Phi) is 5.57. The van der Waals surface area contributed by atoms with E-state index in [0.29, 0.717) is 25.2 Å². The Morgan fingerprint density at radius 1 is 1.03 bits per heavy atom. The minimum atomic E-state index is -1.96. The van der Waals surface area contributed by atoms with Gasteiger partial charge < -0.3 is 5.41 Å². The monoisotopic (exact) mass is 427 g/mol. The van der Waals surface area contributed by atoms with E-state index < -0.39 is 34.8 Å². The predicted octanol–water partition coefficient (Wildman–Crippen LogP) is 4.31. The largest absolute Gasteiger partial charge is 0.305 e. The molecule has 1 aliphatic heterocycles. The molecule has 1 heterocycles. The zero-order chi connectivity index (χ0) is 22.9. The number of nitrogens with one attached hydrogen (secondary N) is 1. The van der Waals surface area contributed by atoms with E-state index in [4.69, 9.17) is 5.41 Å². The Hall–Kier alpha value is -3.86. The molecular weight excluding hydrogens is 408 g/mol. The van der Waals surface area contributed by atoms with Crippen LogP contribution in [0.2, 0.25) is 0 Å². The standard InChI is InChI=1S/C25H19F2N5/c26-21-7-6-17(10-22(21)27)23-20-13-32(12-16-4-2-1-3-5-16)9-8-18(20)19(11-28)24(31)25(23,14-29)15-30/h1-8,10,19-20,23,31H,9,12-13H2/t19?,20-,23?/m0/s1. The fourth-order valence-electron chi connectivity index (χ4n) is 4.92. The second kappa shape index (κ2) is 8.35. The van der Waals surface area contributed by atoms with E-state index >= 15 is 0 Å². The predicted molar refractivity (Wildman–Crippen MR) is 113 cm³/mol. The zero-order valence-electron chi connectivity index (χ0n) is 17.1. The molecule has 0 radical (unpaired) electrons. The average molecular weight is 427 g/mol. The maximum Gasteiger partial charge on any atom is 0.189 e. The van der Waals surface area contributed by atoms with Crippen molar-refractivity contribution in [3.8, 4) is 18.2 Å². The first-order valence-electron chi connectivity index (χ1n) is 10.2. The van der Waals surface area contributed by atoms with Crippen molar-refractivity contribution >= 4 is 5.71 Å². The van der Waals surface area contributed by atoms with Gasteiger partial charge in [-0.1, -0.05) is 42.5 Å². The van der Waals surface area contributed by atoms with Crippen molar-refractivity contribution in [3.05, 3.63) is 82.9 Å². The number of rotatable bonds is 3. The van der Waals surface area contributed by atoms with Gasteiger partial charge in [0.05, 0.1) is 23.9 Å². The number of hydrogen-bond donors (Lipinski definition) is 1. The molecule has 2 aromatic rings. The van der Waals surface area contributed by atoms with E-state index in [0.717, 1.165) is 17.7 Å². The summed E-state index contributed by atoms with van der Waals surface area (Å²) in [4.78, 5) is 2.12. The van der Waals surface area contributed by atoms with Crippen LogP contribution in [0.4, 0.5) is 8.78 Å². The van der Waals surface area contributed by atoms with Crippen LogP contribution in [0.5, 0.6) is 0 Å². The van der Waals surface area contributed by atoms with Gasteiger partial charge in [0.1, 0.15) is 5.92 Å². The third-order valence-corrected chi connectivity index (χ3v) is 6.42. The van der Waals surface area contributed by atoms with Gasteiger partial charge in [-0.2, -0.15) is 15.8 Å². The third-order valence-electron chi connectivity index (χ3n) is 6.42. The molecule has 0 saturated heterocycles. The van der Waals surface area contributed by atoms with E-state index in [1.54, 1.807) is 0 Å². The van der Waals surface area contributed by atoms with Gasteiger partial charge in [0.2, 0.25) is 0 Å². The summed E-state index contributed by atoms with van der Waals surface area (Å²) < 4.78 is 27.8. The normalized spacial score (nSPS) is 24.4. The number of fused-ring (bicyclic) bond motifs is 1. The second-order valence-corrected chi connectivity index (χ2v) is 8.15. The van der Waals surface area contributed by atoms with Gasteiger partial charge in [-0.3, -0.25) is 4.90 Å². The van der Waals surface area contributed by atoms with Crippen LogP contribution >= 0.6 is 0 Å². The molecule has 7 heteroatoms. The highest BCUT2D eigenvalue weighted by Gasteiger charge is 2.57. The van der Waals surface area contributed by atoms with E-state index in [1.165, 1.54) is 6.07 Å². The molecule has 0 amide bonds. The van der Waals surface area contributed by atoms with Crippen LogP contribution in [-0.2, 0) is 6.54 Å². The lowest BCUT2D eigenvalue weighted by Crippen LogP contribution is -2.52. The summed E-state index contributed by atoms with van der Waals surface area (Å²) in [6, 6.07) is 19.1. The van der Waals surface area contributed by atoms with Gasteiger partial charge in [0, 0.05) is 31.5 Å². The van der Waals surface area contributed by atoms with Crippen LogP contribution in [0.15, 0.2) is 60.2 Å². The fraction of sp³-hybridized carbons (Fsp3) is 0.280. The van der Waals surface area contributed by atoms with Crippen molar-refractivity contribution in [1.29, 1.82) is 21.2 Å². The molecule has 1 fully saturated rings. The number of halogens is 2. The molecule has 0 spiro atoms. The maximum atomic E-state index is 14.2. The number of benzene rings is 2. The van der Waals surface area contributed by atoms with Gasteiger partial charge >= 0.3 is 0 Å². The maximum absolute atomic E-state index is 14.2. The molecule has 4 rings (SSSR count). The Bertz CT molecular complexity index is 1200. The lowest BCUT2D eigenvalue weighted by Gasteiger charge is -2.47. The van der Waals surface area contributed by atoms with Gasteiger partial charge in [-0.25, -0.2) is 8.78 Å². The van der Waals surface area contributed by atoms with Crippen molar-refractivity contribution in [1.82, 2.24) is 4.90 Å². The van der Waals surface area contributed by atoms with Gasteiger partial charge in [-0.05, 0) is 28.8 Å². The van der Waals surface area contributed by atoms with Crippen LogP contribution in [0, 0.1) is 68.3 Å². The Morgan fingerprint density at radius 3 is 2.38 bits per heavy atom. The molecular formula is C25H19F2N5. The van der Waals surface area contributed by atoms with E-state index in [2.05, 4.69) is 11.0 Å². The first kappa shape index (κ1) is 21.4. The Balaban J connectivity index is 1.83. The van der Waals surface area contributed by atoms with Crippen LogP contribution in [0.3, 0.4) is 0 Å². The van der Waals surface area contributed by atoms with Crippen molar-refractivity contribution < 1.29 is 8.78 Å². The first-order chi connectivity index (χ1) is 15.4. The molecule has 1 N–H and O–H groups in total. The Labute approximate surface area is 184 Å². The second-order valence-electron chi connectivity index (χ2n) is 8.15. The van der Waals surface area contributed by atoms with E-state index in [-0.39, 0.29) is 11.3 Å². The third kappa shape index (κ3) is 3.36. The number of nitriles is 3. The number of nitrogens with zero attached hydrogens (tertiary/aromatic N) is 4. The Morgan fingerprint density at radius 2 is 1.75 bits per heavy atom. The van der Waals surface area contributed by atoms with Gasteiger partial charge in [-0.15, -0.1) is 0 Å². The highest BCUT2D eigenvalue weighted by molar-refractivity contribution is 6.00. The van der Waals surface area contributed by atoms with Gasteiger partial charge in [0.15, 0.2) is 17.0 Å². The molecule has 158 valence electrons. The molecule has 0 bridgehead atoms. The molecule has 2 aromatic carbocycles. The summed E-state index contributed by atoms with van der Waals surface area (Å²) in [7, 11) is 0. The summed E-state index contributed by atoms with van der Waals surface area (Å²) in [5.74, 6) is -4.49. The SMILES string of the molecule is N#CC1C(=N)C(C#N)(C#N)C(c2ccc(F)c(F)c2)[C@H]2CN(Cc3ccccc3)CC=C12. The minimum Gasteiger partial charge on any atom is -0.305 e. The lowest BCUT2D eigenvalue weighted by atomic mass is 9.54. The quantitative estimate of drug-likeness (QED) is 0.738. The first-order valence-corrected chi connectivity index (χ1v) is 10.2. The van der Waals surface area contributed by atoms with Crippen molar-refractivity contribution in [2.45, 2.75) is 12.5 Å². The molecule has 2 aliphatic rings. The number of hydrogen-bond acceptors (Lipinski definition) is 5. The van der Waals surface area contributed by atoms with Crippen molar-refractivity contribution in [3.63, 3.8) is 0 Å². The van der Waals surface area contributed by atoms with E-state index in [9.17, 15) is 24.6 Å². The summed E-state index contributed by atoms with van der Waals surface area (Å²) in [6.45, 7) is 1.58. The average Bonchev–Trinajstić information content (AvgIpc) is 2.81. The zero-order valence-corrected chi connectivity index (χ0v) is 17.1. The molecule has 5 nitrogen and oxygen atoms in total. The van der Waals surface area contributed by atoms with Crippen LogP contribution < -0.4 is 0 Å². The van der Waals surface area contributed by atoms with Crippen LogP contribution in [-0.4, -0.2) is 23.7 Å². The molecule has 1 aliphatic carbocycles. The van der Waals surface area contributed by atoms with Crippen LogP contribution in [0.1, 0.15) is 17.0 Å². The smallest absolute Gasteiger partial charge is 0.189 e. The molecule has 2 unspecified atom stereocenters. The topological polar surface area (TPSA) is 98.5 Å². The molecule has 0 aromatic heterocycles.